The lowest BCUT2D eigenvalue weighted by molar-refractivity contribution is -0.117. The van der Waals surface area contributed by atoms with Gasteiger partial charge in [0.1, 0.15) is 12.4 Å². The first-order chi connectivity index (χ1) is 17.2. The molecule has 6 nitrogen and oxygen atoms in total. The molecule has 0 saturated carbocycles. The number of benzene rings is 3. The monoisotopic (exact) mass is 484 g/mol. The van der Waals surface area contributed by atoms with Crippen LogP contribution in [0.15, 0.2) is 79.0 Å². The minimum atomic E-state index is -0.423. The SMILES string of the molecule is Cc1ccc(-n2cc(-c3ccccc3)nc2NC(=O)CN(C(=O)c2ccc(F)cc2)C(C)C)cc1C. The zero-order valence-electron chi connectivity index (χ0n) is 20.8. The fraction of sp³-hybridized carbons (Fsp3) is 0.207. The van der Waals surface area contributed by atoms with Crippen molar-refractivity contribution in [3.63, 3.8) is 0 Å². The highest BCUT2D eigenvalue weighted by molar-refractivity contribution is 5.99. The van der Waals surface area contributed by atoms with Crippen molar-refractivity contribution >= 4 is 17.8 Å². The molecule has 1 N–H and O–H groups in total. The number of carbonyl (C=O) groups is 2. The largest absolute Gasteiger partial charge is 0.327 e. The average molecular weight is 485 g/mol. The molecule has 0 fully saturated rings. The maximum atomic E-state index is 13.3. The molecule has 36 heavy (non-hydrogen) atoms. The Labute approximate surface area is 210 Å². The summed E-state index contributed by atoms with van der Waals surface area (Å²) in [5.41, 5.74) is 5.11. The van der Waals surface area contributed by atoms with Crippen LogP contribution in [0.4, 0.5) is 10.3 Å². The Balaban J connectivity index is 1.63. The van der Waals surface area contributed by atoms with Crippen molar-refractivity contribution in [2.75, 3.05) is 11.9 Å². The topological polar surface area (TPSA) is 67.2 Å². The van der Waals surface area contributed by atoms with Crippen LogP contribution in [-0.4, -0.2) is 38.9 Å². The number of hydrogen-bond acceptors (Lipinski definition) is 3. The molecule has 0 aliphatic carbocycles. The number of hydrogen-bond donors (Lipinski definition) is 1. The van der Waals surface area contributed by atoms with E-state index in [9.17, 15) is 14.0 Å². The summed E-state index contributed by atoms with van der Waals surface area (Å²) in [5, 5.41) is 2.89. The van der Waals surface area contributed by atoms with Crippen molar-refractivity contribution in [3.05, 3.63) is 102 Å². The van der Waals surface area contributed by atoms with Gasteiger partial charge in [-0.2, -0.15) is 0 Å². The Hall–Kier alpha value is -4.26. The van der Waals surface area contributed by atoms with Crippen molar-refractivity contribution in [3.8, 4) is 16.9 Å². The van der Waals surface area contributed by atoms with Gasteiger partial charge in [-0.15, -0.1) is 0 Å². The van der Waals surface area contributed by atoms with Crippen molar-refractivity contribution in [1.82, 2.24) is 14.5 Å². The second-order valence-corrected chi connectivity index (χ2v) is 9.04. The van der Waals surface area contributed by atoms with Crippen molar-refractivity contribution in [2.45, 2.75) is 33.7 Å². The highest BCUT2D eigenvalue weighted by Crippen LogP contribution is 2.25. The summed E-state index contributed by atoms with van der Waals surface area (Å²) in [4.78, 5) is 32.3. The highest BCUT2D eigenvalue weighted by atomic mass is 19.1. The summed E-state index contributed by atoms with van der Waals surface area (Å²) in [5.74, 6) is -0.787. The predicted octanol–water partition coefficient (Wildman–Crippen LogP) is 5.78. The Morgan fingerprint density at radius 2 is 1.67 bits per heavy atom. The molecule has 0 spiro atoms. The van der Waals surface area contributed by atoms with E-state index in [1.54, 1.807) is 0 Å². The maximum absolute atomic E-state index is 13.3. The molecule has 4 aromatic rings. The number of halogens is 1. The molecule has 0 saturated heterocycles. The summed E-state index contributed by atoms with van der Waals surface area (Å²) < 4.78 is 15.2. The number of nitrogens with zero attached hydrogens (tertiary/aromatic N) is 3. The summed E-state index contributed by atoms with van der Waals surface area (Å²) in [6.07, 6.45) is 1.89. The molecule has 2 amide bonds. The lowest BCUT2D eigenvalue weighted by Gasteiger charge is -2.26. The molecule has 4 rings (SSSR count). The first-order valence-electron chi connectivity index (χ1n) is 11.8. The van der Waals surface area contributed by atoms with Crippen LogP contribution in [0.2, 0.25) is 0 Å². The minimum absolute atomic E-state index is 0.172. The van der Waals surface area contributed by atoms with Crippen molar-refractivity contribution < 1.29 is 14.0 Å². The van der Waals surface area contributed by atoms with Crippen LogP contribution in [0.25, 0.3) is 16.9 Å². The third-order valence-electron chi connectivity index (χ3n) is 6.08. The van der Waals surface area contributed by atoms with Gasteiger partial charge in [-0.25, -0.2) is 9.37 Å². The lowest BCUT2D eigenvalue weighted by Crippen LogP contribution is -2.42. The number of rotatable bonds is 7. The molecule has 184 valence electrons. The third-order valence-corrected chi connectivity index (χ3v) is 6.08. The van der Waals surface area contributed by atoms with Gasteiger partial charge < -0.3 is 4.90 Å². The fourth-order valence-corrected chi connectivity index (χ4v) is 3.85. The first-order valence-corrected chi connectivity index (χ1v) is 11.8. The van der Waals surface area contributed by atoms with E-state index in [-0.39, 0.29) is 24.4 Å². The summed E-state index contributed by atoms with van der Waals surface area (Å²) in [7, 11) is 0. The molecule has 0 atom stereocenters. The van der Waals surface area contributed by atoms with Gasteiger partial charge in [-0.1, -0.05) is 36.4 Å². The normalized spacial score (nSPS) is 10.9. The Morgan fingerprint density at radius 1 is 0.972 bits per heavy atom. The van der Waals surface area contributed by atoms with Gasteiger partial charge in [0.05, 0.1) is 5.69 Å². The zero-order chi connectivity index (χ0) is 25.8. The number of aromatic nitrogens is 2. The molecule has 0 aliphatic heterocycles. The van der Waals surface area contributed by atoms with Crippen LogP contribution in [0.3, 0.4) is 0 Å². The van der Waals surface area contributed by atoms with Crippen LogP contribution >= 0.6 is 0 Å². The number of aryl methyl sites for hydroxylation is 2. The molecule has 1 aromatic heterocycles. The molecule has 0 unspecified atom stereocenters. The van der Waals surface area contributed by atoms with E-state index < -0.39 is 5.82 Å². The maximum Gasteiger partial charge on any atom is 0.254 e. The molecule has 1 heterocycles. The van der Waals surface area contributed by atoms with Gasteiger partial charge in [0.2, 0.25) is 11.9 Å². The van der Waals surface area contributed by atoms with Gasteiger partial charge in [0.25, 0.3) is 5.91 Å². The second-order valence-electron chi connectivity index (χ2n) is 9.04. The highest BCUT2D eigenvalue weighted by Gasteiger charge is 2.23. The third kappa shape index (κ3) is 5.51. The number of amides is 2. The Kier molecular flexibility index (Phi) is 7.29. The molecule has 7 heteroatoms. The second kappa shape index (κ2) is 10.6. The molecule has 0 bridgehead atoms. The number of nitrogens with one attached hydrogen (secondary N) is 1. The van der Waals surface area contributed by atoms with E-state index in [4.69, 9.17) is 4.98 Å². The molecular formula is C29H29FN4O2. The standard InChI is InChI=1S/C29H29FN4O2/c1-19(2)33(28(36)23-11-13-24(30)14-12-23)18-27(35)32-29-31-26(22-8-6-5-7-9-22)17-34(29)25-15-10-20(3)21(4)16-25/h5-17,19H,18H2,1-4H3,(H,31,32,35). The van der Waals surface area contributed by atoms with Crippen LogP contribution in [0, 0.1) is 19.7 Å². The Bertz CT molecular complexity index is 1380. The van der Waals surface area contributed by atoms with E-state index in [1.807, 2.05) is 87.0 Å². The zero-order valence-corrected chi connectivity index (χ0v) is 20.8. The van der Waals surface area contributed by atoms with Gasteiger partial charge in [0.15, 0.2) is 0 Å². The molecular weight excluding hydrogens is 455 g/mol. The number of carbonyl (C=O) groups excluding carboxylic acids is 2. The van der Waals surface area contributed by atoms with Crippen molar-refractivity contribution in [2.24, 2.45) is 0 Å². The summed E-state index contributed by atoms with van der Waals surface area (Å²) >= 11 is 0. The Morgan fingerprint density at radius 3 is 2.31 bits per heavy atom. The van der Waals surface area contributed by atoms with E-state index in [2.05, 4.69) is 5.32 Å². The van der Waals surface area contributed by atoms with Crippen LogP contribution in [-0.2, 0) is 4.79 Å². The van der Waals surface area contributed by atoms with Crippen LogP contribution in [0.5, 0.6) is 0 Å². The van der Waals surface area contributed by atoms with Crippen molar-refractivity contribution in [1.29, 1.82) is 0 Å². The fourth-order valence-electron chi connectivity index (χ4n) is 3.85. The predicted molar refractivity (Wildman–Crippen MR) is 140 cm³/mol. The lowest BCUT2D eigenvalue weighted by atomic mass is 10.1. The van der Waals surface area contributed by atoms with Crippen LogP contribution in [0.1, 0.15) is 35.3 Å². The van der Waals surface area contributed by atoms with E-state index >= 15 is 0 Å². The van der Waals surface area contributed by atoms with Gasteiger partial charge in [-0.3, -0.25) is 19.5 Å². The smallest absolute Gasteiger partial charge is 0.254 e. The first kappa shape index (κ1) is 24.9. The molecule has 0 aliphatic rings. The summed E-state index contributed by atoms with van der Waals surface area (Å²) in [6, 6.07) is 20.8. The molecule has 3 aromatic carbocycles. The van der Waals surface area contributed by atoms with Crippen LogP contribution < -0.4 is 5.32 Å². The summed E-state index contributed by atoms with van der Waals surface area (Å²) in [6.45, 7) is 7.57. The number of anilines is 1. The molecule has 0 radical (unpaired) electrons. The van der Waals surface area contributed by atoms with Gasteiger partial charge >= 0.3 is 0 Å². The van der Waals surface area contributed by atoms with Gasteiger partial charge in [-0.05, 0) is 75.2 Å². The quantitative estimate of drug-likeness (QED) is 0.361. The number of imidazole rings is 1. The van der Waals surface area contributed by atoms with E-state index in [0.29, 0.717) is 17.2 Å². The van der Waals surface area contributed by atoms with E-state index in [0.717, 1.165) is 16.8 Å². The average Bonchev–Trinajstić information content (AvgIpc) is 3.28. The minimum Gasteiger partial charge on any atom is -0.327 e. The van der Waals surface area contributed by atoms with Gasteiger partial charge in [0, 0.05) is 29.1 Å². The van der Waals surface area contributed by atoms with E-state index in [1.165, 1.54) is 34.7 Å².